The minimum absolute atomic E-state index is 0.575. The maximum absolute atomic E-state index is 5.84. The van der Waals surface area contributed by atoms with Crippen LogP contribution in [-0.2, 0) is 0 Å². The molecule has 0 fully saturated rings. The molecule has 0 aliphatic rings. The average molecular weight is 288 g/mol. The van der Waals surface area contributed by atoms with Crippen LogP contribution in [0.25, 0.3) is 0 Å². The van der Waals surface area contributed by atoms with Gasteiger partial charge >= 0.3 is 0 Å². The van der Waals surface area contributed by atoms with E-state index in [-0.39, 0.29) is 0 Å². The Bertz CT molecular complexity index is 587. The zero-order valence-corrected chi connectivity index (χ0v) is 10.5. The largest absolute Gasteiger partial charge is 0.396 e. The summed E-state index contributed by atoms with van der Waals surface area (Å²) in [5, 5.41) is 3.12. The van der Waals surface area contributed by atoms with E-state index in [0.29, 0.717) is 11.5 Å². The Morgan fingerprint density at radius 2 is 2.18 bits per heavy atom. The normalized spacial score (nSPS) is 9.65. The number of aromatic nitrogens is 1. The van der Waals surface area contributed by atoms with Crippen LogP contribution in [0.15, 0.2) is 41.0 Å². The fraction of sp³-hybridized carbons (Fsp3) is 0. The summed E-state index contributed by atoms with van der Waals surface area (Å²) in [4.78, 5) is 4.19. The molecule has 1 aromatic carbocycles. The number of nitrogens with one attached hydrogen (secondary N) is 1. The first kappa shape index (κ1) is 11.5. The van der Waals surface area contributed by atoms with Crippen molar-refractivity contribution in [1.82, 2.24) is 4.98 Å². The monoisotopic (exact) mass is 287 g/mol. The molecule has 2 rings (SSSR count). The van der Waals surface area contributed by atoms with Gasteiger partial charge in [-0.3, -0.25) is 0 Å². The molecule has 1 aromatic heterocycles. The van der Waals surface area contributed by atoms with Gasteiger partial charge in [0.25, 0.3) is 0 Å². The van der Waals surface area contributed by atoms with Crippen molar-refractivity contribution in [2.24, 2.45) is 0 Å². The summed E-state index contributed by atoms with van der Waals surface area (Å²) in [6.07, 6.45) is 7.02. The van der Waals surface area contributed by atoms with E-state index in [9.17, 15) is 0 Å². The molecule has 1 heterocycles. The van der Waals surface area contributed by atoms with Gasteiger partial charge in [-0.05, 0) is 40.2 Å². The van der Waals surface area contributed by atoms with E-state index in [4.69, 9.17) is 12.2 Å². The van der Waals surface area contributed by atoms with Crippen LogP contribution in [0, 0.1) is 12.3 Å². The van der Waals surface area contributed by atoms with Crippen molar-refractivity contribution in [3.05, 3.63) is 46.6 Å². The molecule has 17 heavy (non-hydrogen) atoms. The molecule has 3 nitrogen and oxygen atoms in total. The number of rotatable bonds is 2. The van der Waals surface area contributed by atoms with E-state index in [1.54, 1.807) is 12.3 Å². The molecule has 0 bridgehead atoms. The Hall–Kier alpha value is -1.99. The highest BCUT2D eigenvalue weighted by Gasteiger charge is 2.02. The second-order valence-electron chi connectivity index (χ2n) is 3.44. The van der Waals surface area contributed by atoms with Gasteiger partial charge in [-0.15, -0.1) is 6.42 Å². The lowest BCUT2D eigenvalue weighted by Gasteiger charge is -2.08. The van der Waals surface area contributed by atoms with Crippen LogP contribution in [0.2, 0.25) is 0 Å². The second-order valence-corrected chi connectivity index (χ2v) is 4.36. The molecular formula is C13H10BrN3. The van der Waals surface area contributed by atoms with Gasteiger partial charge in [0.1, 0.15) is 0 Å². The predicted octanol–water partition coefficient (Wildman–Crippen LogP) is 3.15. The van der Waals surface area contributed by atoms with Gasteiger partial charge in [-0.25, -0.2) is 4.98 Å². The Morgan fingerprint density at radius 1 is 1.35 bits per heavy atom. The maximum atomic E-state index is 5.84. The summed E-state index contributed by atoms with van der Waals surface area (Å²) in [5.41, 5.74) is 8.09. The highest BCUT2D eigenvalue weighted by molar-refractivity contribution is 9.10. The van der Waals surface area contributed by atoms with E-state index in [1.165, 1.54) is 0 Å². The SMILES string of the molecule is C#Cc1cccc(Nc2ncc(Br)cc2N)c1. The van der Waals surface area contributed by atoms with Gasteiger partial charge in [0.15, 0.2) is 5.82 Å². The molecule has 0 aliphatic carbocycles. The van der Waals surface area contributed by atoms with E-state index in [1.807, 2.05) is 24.3 Å². The first-order valence-corrected chi connectivity index (χ1v) is 5.73. The number of pyridine rings is 1. The highest BCUT2D eigenvalue weighted by atomic mass is 79.9. The van der Waals surface area contributed by atoms with Crippen molar-refractivity contribution in [2.75, 3.05) is 11.1 Å². The third kappa shape index (κ3) is 2.77. The molecule has 0 unspecified atom stereocenters. The molecule has 0 saturated carbocycles. The number of hydrogen-bond donors (Lipinski definition) is 2. The number of terminal acetylenes is 1. The summed E-state index contributed by atoms with van der Waals surface area (Å²) >= 11 is 3.31. The average Bonchev–Trinajstić information content (AvgIpc) is 2.33. The molecule has 0 atom stereocenters. The van der Waals surface area contributed by atoms with Crippen molar-refractivity contribution in [3.8, 4) is 12.3 Å². The Kier molecular flexibility index (Phi) is 3.31. The number of nitrogen functional groups attached to an aromatic ring is 1. The fourth-order valence-corrected chi connectivity index (χ4v) is 1.73. The lowest BCUT2D eigenvalue weighted by Crippen LogP contribution is -1.99. The third-order valence-corrected chi connectivity index (χ3v) is 2.61. The summed E-state index contributed by atoms with van der Waals surface area (Å²) in [7, 11) is 0. The van der Waals surface area contributed by atoms with E-state index in [2.05, 4.69) is 32.2 Å². The maximum Gasteiger partial charge on any atom is 0.153 e. The number of nitrogens with zero attached hydrogens (tertiary/aromatic N) is 1. The van der Waals surface area contributed by atoms with Crippen molar-refractivity contribution in [2.45, 2.75) is 0 Å². The molecular weight excluding hydrogens is 278 g/mol. The number of hydrogen-bond acceptors (Lipinski definition) is 3. The second kappa shape index (κ2) is 4.89. The van der Waals surface area contributed by atoms with Crippen molar-refractivity contribution >= 4 is 33.1 Å². The molecule has 2 aromatic rings. The lowest BCUT2D eigenvalue weighted by molar-refractivity contribution is 1.29. The van der Waals surface area contributed by atoms with Crippen LogP contribution in [0.4, 0.5) is 17.2 Å². The number of halogens is 1. The zero-order chi connectivity index (χ0) is 12.3. The van der Waals surface area contributed by atoms with Crippen molar-refractivity contribution in [1.29, 1.82) is 0 Å². The highest BCUT2D eigenvalue weighted by Crippen LogP contribution is 2.23. The van der Waals surface area contributed by atoms with Crippen LogP contribution < -0.4 is 11.1 Å². The first-order chi connectivity index (χ1) is 8.19. The minimum atomic E-state index is 0.575. The van der Waals surface area contributed by atoms with Gasteiger partial charge < -0.3 is 11.1 Å². The standard InChI is InChI=1S/C13H10BrN3/c1-2-9-4-3-5-11(6-9)17-13-12(15)7-10(14)8-16-13/h1,3-8H,15H2,(H,16,17). The van der Waals surface area contributed by atoms with Crippen LogP contribution in [0.3, 0.4) is 0 Å². The van der Waals surface area contributed by atoms with Crippen molar-refractivity contribution in [3.63, 3.8) is 0 Å². The molecule has 0 saturated heterocycles. The summed E-state index contributed by atoms with van der Waals surface area (Å²) in [6.45, 7) is 0. The first-order valence-electron chi connectivity index (χ1n) is 4.94. The van der Waals surface area contributed by atoms with Crippen molar-refractivity contribution < 1.29 is 0 Å². The molecule has 0 aliphatic heterocycles. The minimum Gasteiger partial charge on any atom is -0.396 e. The number of benzene rings is 1. The zero-order valence-electron chi connectivity index (χ0n) is 8.94. The number of anilines is 3. The lowest BCUT2D eigenvalue weighted by atomic mass is 10.2. The van der Waals surface area contributed by atoms with E-state index in [0.717, 1.165) is 15.7 Å². The summed E-state index contributed by atoms with van der Waals surface area (Å²) in [6, 6.07) is 9.31. The van der Waals surface area contributed by atoms with Crippen LogP contribution in [0.5, 0.6) is 0 Å². The van der Waals surface area contributed by atoms with Crippen LogP contribution in [-0.4, -0.2) is 4.98 Å². The Balaban J connectivity index is 2.28. The van der Waals surface area contributed by atoms with Gasteiger partial charge in [0, 0.05) is 21.9 Å². The molecule has 0 spiro atoms. The predicted molar refractivity (Wildman–Crippen MR) is 74.0 cm³/mol. The third-order valence-electron chi connectivity index (χ3n) is 2.18. The van der Waals surface area contributed by atoms with Gasteiger partial charge in [-0.1, -0.05) is 12.0 Å². The summed E-state index contributed by atoms with van der Waals surface area (Å²) < 4.78 is 0.845. The van der Waals surface area contributed by atoms with Crippen LogP contribution >= 0.6 is 15.9 Å². The van der Waals surface area contributed by atoms with Gasteiger partial charge in [0.05, 0.1) is 5.69 Å². The fourth-order valence-electron chi connectivity index (χ4n) is 1.38. The van der Waals surface area contributed by atoms with E-state index < -0.39 is 0 Å². The molecule has 0 radical (unpaired) electrons. The summed E-state index contributed by atoms with van der Waals surface area (Å²) in [5.74, 6) is 3.19. The molecule has 4 heteroatoms. The topological polar surface area (TPSA) is 50.9 Å². The van der Waals surface area contributed by atoms with Gasteiger partial charge in [0.2, 0.25) is 0 Å². The Labute approximate surface area is 108 Å². The smallest absolute Gasteiger partial charge is 0.153 e. The van der Waals surface area contributed by atoms with Gasteiger partial charge in [-0.2, -0.15) is 0 Å². The number of nitrogens with two attached hydrogens (primary N) is 1. The van der Waals surface area contributed by atoms with E-state index >= 15 is 0 Å². The molecule has 0 amide bonds. The molecule has 84 valence electrons. The Morgan fingerprint density at radius 3 is 2.88 bits per heavy atom. The van der Waals surface area contributed by atoms with Crippen LogP contribution in [0.1, 0.15) is 5.56 Å². The quantitative estimate of drug-likeness (QED) is 0.835. The molecule has 3 N–H and O–H groups in total.